The molecule has 0 unspecified atom stereocenters. The molecule has 108 valence electrons. The second-order valence-corrected chi connectivity index (χ2v) is 5.15. The number of nitrogens with two attached hydrogens (primary N) is 1. The van der Waals surface area contributed by atoms with Crippen molar-refractivity contribution in [2.45, 2.75) is 38.3 Å². The molecule has 0 bridgehead atoms. The fraction of sp³-hybridized carbons (Fsp3) is 0.467. The quantitative estimate of drug-likeness (QED) is 0.830. The number of primary amides is 1. The van der Waals surface area contributed by atoms with Gasteiger partial charge in [0, 0.05) is 13.0 Å². The van der Waals surface area contributed by atoms with E-state index in [2.05, 4.69) is 5.32 Å². The van der Waals surface area contributed by atoms with Crippen LogP contribution in [-0.2, 0) is 20.7 Å². The second-order valence-electron chi connectivity index (χ2n) is 5.15. The van der Waals surface area contributed by atoms with Crippen molar-refractivity contribution in [2.24, 2.45) is 5.73 Å². The molecule has 20 heavy (non-hydrogen) atoms. The summed E-state index contributed by atoms with van der Waals surface area (Å²) in [6, 6.07) is 7.10. The fourth-order valence-electron chi connectivity index (χ4n) is 2.23. The van der Waals surface area contributed by atoms with Gasteiger partial charge in [0.05, 0.1) is 0 Å². The molecule has 1 aliphatic heterocycles. The summed E-state index contributed by atoms with van der Waals surface area (Å²) < 4.78 is 5.30. The number of hydrogen-bond donors (Lipinski definition) is 2. The van der Waals surface area contributed by atoms with Crippen LogP contribution < -0.4 is 11.1 Å². The van der Waals surface area contributed by atoms with E-state index in [1.165, 1.54) is 0 Å². The number of carbonyl (C=O) groups excluding carboxylic acids is 2. The zero-order valence-electron chi connectivity index (χ0n) is 11.6. The first-order valence-electron chi connectivity index (χ1n) is 6.83. The molecule has 0 aromatic heterocycles. The van der Waals surface area contributed by atoms with Crippen molar-refractivity contribution >= 4 is 11.8 Å². The molecule has 0 radical (unpaired) electrons. The molecule has 1 heterocycles. The number of amides is 2. The van der Waals surface area contributed by atoms with Crippen LogP contribution in [0.1, 0.15) is 24.0 Å². The van der Waals surface area contributed by atoms with Gasteiger partial charge in [-0.1, -0.05) is 29.8 Å². The van der Waals surface area contributed by atoms with Gasteiger partial charge in [-0.2, -0.15) is 0 Å². The minimum atomic E-state index is -0.700. The predicted octanol–water partition coefficient (Wildman–Crippen LogP) is 0.687. The molecule has 2 atom stereocenters. The molecule has 1 saturated heterocycles. The molecule has 1 aliphatic rings. The molecule has 2 rings (SSSR count). The number of hydrogen-bond acceptors (Lipinski definition) is 3. The van der Waals surface area contributed by atoms with Gasteiger partial charge in [0.1, 0.15) is 12.1 Å². The minimum Gasteiger partial charge on any atom is -0.368 e. The van der Waals surface area contributed by atoms with Gasteiger partial charge < -0.3 is 15.8 Å². The third-order valence-corrected chi connectivity index (χ3v) is 3.44. The Morgan fingerprint density at radius 2 is 2.10 bits per heavy atom. The van der Waals surface area contributed by atoms with Crippen LogP contribution in [0.5, 0.6) is 0 Å². The molecular formula is C15H20N2O3. The van der Waals surface area contributed by atoms with Gasteiger partial charge in [-0.25, -0.2) is 0 Å². The van der Waals surface area contributed by atoms with Crippen molar-refractivity contribution in [3.05, 3.63) is 35.4 Å². The maximum atomic E-state index is 12.0. The van der Waals surface area contributed by atoms with Gasteiger partial charge in [0.15, 0.2) is 0 Å². The van der Waals surface area contributed by atoms with Crippen LogP contribution in [0.25, 0.3) is 0 Å². The summed E-state index contributed by atoms with van der Waals surface area (Å²) in [5.41, 5.74) is 7.48. The second kappa shape index (κ2) is 6.52. The minimum absolute atomic E-state index is 0.251. The van der Waals surface area contributed by atoms with Gasteiger partial charge in [0.25, 0.3) is 0 Å². The maximum absolute atomic E-state index is 12.0. The lowest BCUT2D eigenvalue weighted by Crippen LogP contribution is -2.49. The average molecular weight is 276 g/mol. The first kappa shape index (κ1) is 14.5. The lowest BCUT2D eigenvalue weighted by atomic mass is 10.0. The Kier molecular flexibility index (Phi) is 4.74. The van der Waals surface area contributed by atoms with Gasteiger partial charge in [-0.05, 0) is 25.3 Å². The van der Waals surface area contributed by atoms with Gasteiger partial charge in [0.2, 0.25) is 11.8 Å². The highest BCUT2D eigenvalue weighted by molar-refractivity contribution is 5.88. The molecule has 5 heteroatoms. The summed E-state index contributed by atoms with van der Waals surface area (Å²) in [6.07, 6.45) is 1.52. The number of benzene rings is 1. The van der Waals surface area contributed by atoms with Crippen LogP contribution in [0.4, 0.5) is 0 Å². The molecule has 1 aromatic rings. The number of aryl methyl sites for hydroxylation is 1. The van der Waals surface area contributed by atoms with Gasteiger partial charge in [-0.15, -0.1) is 0 Å². The summed E-state index contributed by atoms with van der Waals surface area (Å²) in [5, 5.41) is 2.68. The third kappa shape index (κ3) is 3.81. The zero-order chi connectivity index (χ0) is 14.5. The molecular weight excluding hydrogens is 256 g/mol. The summed E-state index contributed by atoms with van der Waals surface area (Å²) in [4.78, 5) is 23.4. The lowest BCUT2D eigenvalue weighted by Gasteiger charge is -2.18. The van der Waals surface area contributed by atoms with Crippen LogP contribution in [0, 0.1) is 6.92 Å². The topological polar surface area (TPSA) is 81.4 Å². The van der Waals surface area contributed by atoms with Gasteiger partial charge >= 0.3 is 0 Å². The fourth-order valence-corrected chi connectivity index (χ4v) is 2.23. The van der Waals surface area contributed by atoms with Crippen LogP contribution in [-0.4, -0.2) is 30.6 Å². The van der Waals surface area contributed by atoms with Crippen LogP contribution in [0.2, 0.25) is 0 Å². The smallest absolute Gasteiger partial charge is 0.249 e. The molecule has 0 spiro atoms. The molecule has 0 saturated carbocycles. The molecule has 3 N–H and O–H groups in total. The summed E-state index contributed by atoms with van der Waals surface area (Å²) >= 11 is 0. The largest absolute Gasteiger partial charge is 0.368 e. The number of carbonyl (C=O) groups is 2. The van der Waals surface area contributed by atoms with E-state index in [1.54, 1.807) is 0 Å². The van der Waals surface area contributed by atoms with E-state index in [0.29, 0.717) is 19.4 Å². The average Bonchev–Trinajstić information content (AvgIpc) is 2.94. The Morgan fingerprint density at radius 3 is 2.65 bits per heavy atom. The number of rotatable bonds is 5. The number of nitrogens with one attached hydrogen (secondary N) is 1. The molecule has 2 amide bonds. The van der Waals surface area contributed by atoms with Crippen LogP contribution in [0.15, 0.2) is 24.3 Å². The van der Waals surface area contributed by atoms with E-state index in [-0.39, 0.29) is 5.91 Å². The monoisotopic (exact) mass is 276 g/mol. The molecule has 0 aliphatic carbocycles. The Labute approximate surface area is 118 Å². The molecule has 1 fully saturated rings. The highest BCUT2D eigenvalue weighted by atomic mass is 16.5. The van der Waals surface area contributed by atoms with Crippen molar-refractivity contribution in [3.8, 4) is 0 Å². The van der Waals surface area contributed by atoms with E-state index in [1.807, 2.05) is 31.2 Å². The molecule has 5 nitrogen and oxygen atoms in total. The highest BCUT2D eigenvalue weighted by Gasteiger charge is 2.27. The SMILES string of the molecule is Cc1ccc(C[C@@H](NC(=O)[C@H]2CCCO2)C(N)=O)cc1. The first-order valence-corrected chi connectivity index (χ1v) is 6.83. The van der Waals surface area contributed by atoms with E-state index in [4.69, 9.17) is 10.5 Å². The van der Waals surface area contributed by atoms with E-state index in [9.17, 15) is 9.59 Å². The van der Waals surface area contributed by atoms with Crippen LogP contribution in [0.3, 0.4) is 0 Å². The van der Waals surface area contributed by atoms with Gasteiger partial charge in [-0.3, -0.25) is 9.59 Å². The molecule has 1 aromatic carbocycles. The Hall–Kier alpha value is -1.88. The van der Waals surface area contributed by atoms with E-state index < -0.39 is 18.1 Å². The maximum Gasteiger partial charge on any atom is 0.249 e. The van der Waals surface area contributed by atoms with Crippen molar-refractivity contribution in [1.82, 2.24) is 5.32 Å². The van der Waals surface area contributed by atoms with Crippen molar-refractivity contribution < 1.29 is 14.3 Å². The van der Waals surface area contributed by atoms with Crippen LogP contribution >= 0.6 is 0 Å². The number of ether oxygens (including phenoxy) is 1. The standard InChI is InChI=1S/C15H20N2O3/c1-10-4-6-11(7-5-10)9-12(14(16)18)17-15(19)13-3-2-8-20-13/h4-7,12-13H,2-3,8-9H2,1H3,(H2,16,18)(H,17,19)/t12-,13-/m1/s1. The van der Waals surface area contributed by atoms with Crippen molar-refractivity contribution in [1.29, 1.82) is 0 Å². The Bertz CT molecular complexity index is 478. The third-order valence-electron chi connectivity index (χ3n) is 3.44. The summed E-state index contributed by atoms with van der Waals surface area (Å²) in [5.74, 6) is -0.782. The Balaban J connectivity index is 1.98. The van der Waals surface area contributed by atoms with Crippen molar-refractivity contribution in [2.75, 3.05) is 6.61 Å². The van der Waals surface area contributed by atoms with E-state index >= 15 is 0 Å². The summed E-state index contributed by atoms with van der Waals surface area (Å²) in [7, 11) is 0. The van der Waals surface area contributed by atoms with E-state index in [0.717, 1.165) is 17.5 Å². The zero-order valence-corrected chi connectivity index (χ0v) is 11.6. The lowest BCUT2D eigenvalue weighted by molar-refractivity contribution is -0.133. The normalized spacial score (nSPS) is 19.6. The van der Waals surface area contributed by atoms with Crippen molar-refractivity contribution in [3.63, 3.8) is 0 Å². The highest BCUT2D eigenvalue weighted by Crippen LogP contribution is 2.13. The first-order chi connectivity index (χ1) is 9.56. The summed E-state index contributed by atoms with van der Waals surface area (Å²) in [6.45, 7) is 2.59. The Morgan fingerprint density at radius 1 is 1.40 bits per heavy atom. The predicted molar refractivity (Wildman–Crippen MR) is 75.0 cm³/mol.